The Morgan fingerprint density at radius 2 is 1.16 bits per heavy atom. The van der Waals surface area contributed by atoms with Crippen LogP contribution in [0.4, 0.5) is 0 Å². The first kappa shape index (κ1) is 13.8. The van der Waals surface area contributed by atoms with E-state index in [2.05, 4.69) is 28.1 Å². The fourth-order valence-corrected chi connectivity index (χ4v) is 6.02. The molecular weight excluding hydrogens is 346 g/mol. The summed E-state index contributed by atoms with van der Waals surface area (Å²) in [5, 5.41) is 0. The zero-order chi connectivity index (χ0) is 13.7. The van der Waals surface area contributed by atoms with Crippen LogP contribution in [0, 0.1) is 10.3 Å². The van der Waals surface area contributed by atoms with E-state index >= 15 is 0 Å². The number of rotatable bonds is 4. The van der Waals surface area contributed by atoms with E-state index in [9.17, 15) is 0 Å². The van der Waals surface area contributed by atoms with Crippen LogP contribution in [0.25, 0.3) is 0 Å². The van der Waals surface area contributed by atoms with Gasteiger partial charge in [0.2, 0.25) is 0 Å². The van der Waals surface area contributed by atoms with Crippen molar-refractivity contribution in [2.75, 3.05) is 14.2 Å². The molecule has 0 N–H and O–H groups in total. The van der Waals surface area contributed by atoms with Crippen molar-refractivity contribution in [3.05, 3.63) is 48.5 Å². The normalized spacial score (nSPS) is 10.0. The zero-order valence-electron chi connectivity index (χ0n) is 11.0. The van der Waals surface area contributed by atoms with E-state index in [4.69, 9.17) is 15.9 Å². The Kier molecular flexibility index (Phi) is 4.77. The Morgan fingerprint density at radius 3 is 1.42 bits per heavy atom. The van der Waals surface area contributed by atoms with Gasteiger partial charge in [-0.1, -0.05) is 0 Å². The van der Waals surface area contributed by atoms with Crippen LogP contribution >= 0.6 is 0 Å². The van der Waals surface area contributed by atoms with Crippen LogP contribution in [0.1, 0.15) is 0 Å². The van der Waals surface area contributed by atoms with Gasteiger partial charge in [0.15, 0.2) is 0 Å². The predicted octanol–water partition coefficient (Wildman–Crippen LogP) is 1.49. The monoisotopic (exact) mass is 360 g/mol. The standard InChI is InChI=1S/2C7H7O.C2H.Sb/c2*1-8-7-5-3-2-4-6-7;1-2;/h2*3-6H,1H3;1H;. The molecule has 0 aliphatic rings. The van der Waals surface area contributed by atoms with Crippen molar-refractivity contribution in [1.29, 1.82) is 0 Å². The topological polar surface area (TPSA) is 18.5 Å². The van der Waals surface area contributed by atoms with Crippen molar-refractivity contribution in [2.45, 2.75) is 0 Å². The second-order valence-corrected chi connectivity index (χ2v) is 9.46. The Labute approximate surface area is 121 Å². The van der Waals surface area contributed by atoms with Gasteiger partial charge in [0.05, 0.1) is 0 Å². The number of methoxy groups -OCH3 is 2. The Balaban J connectivity index is 2.30. The molecule has 19 heavy (non-hydrogen) atoms. The summed E-state index contributed by atoms with van der Waals surface area (Å²) in [6, 6.07) is 16.2. The zero-order valence-corrected chi connectivity index (χ0v) is 13.5. The van der Waals surface area contributed by atoms with Crippen LogP contribution in [0.3, 0.4) is 0 Å². The van der Waals surface area contributed by atoms with Gasteiger partial charge in [-0.3, -0.25) is 0 Å². The Hall–Kier alpha value is -1.58. The number of benzene rings is 2. The summed E-state index contributed by atoms with van der Waals surface area (Å²) in [5.41, 5.74) is 0. The molecule has 0 aromatic heterocycles. The minimum atomic E-state index is -2.06. The number of hydrogen-bond acceptors (Lipinski definition) is 2. The Bertz CT molecular complexity index is 520. The molecular formula is C16H15O2Sb. The molecule has 0 aliphatic carbocycles. The average molecular weight is 361 g/mol. The molecule has 0 amide bonds. The van der Waals surface area contributed by atoms with Crippen LogP contribution in [-0.2, 0) is 0 Å². The molecule has 2 aromatic rings. The summed E-state index contributed by atoms with van der Waals surface area (Å²) in [7, 11) is 3.33. The van der Waals surface area contributed by atoms with Gasteiger partial charge >= 0.3 is 121 Å². The first-order valence-corrected chi connectivity index (χ1v) is 9.66. The summed E-state index contributed by atoms with van der Waals surface area (Å²) in [4.78, 5) is 0. The molecule has 3 heteroatoms. The van der Waals surface area contributed by atoms with E-state index in [1.165, 1.54) is 7.02 Å². The molecule has 2 aromatic carbocycles. The van der Waals surface area contributed by atoms with Crippen molar-refractivity contribution in [1.82, 2.24) is 0 Å². The van der Waals surface area contributed by atoms with E-state index in [1.807, 2.05) is 24.3 Å². The summed E-state index contributed by atoms with van der Waals surface area (Å²) < 4.78 is 15.9. The van der Waals surface area contributed by atoms with Crippen molar-refractivity contribution in [3.63, 3.8) is 0 Å². The molecule has 2 rings (SSSR count). The summed E-state index contributed by atoms with van der Waals surface area (Å²) >= 11 is -2.06. The molecule has 0 saturated heterocycles. The summed E-state index contributed by atoms with van der Waals surface area (Å²) in [6.45, 7) is 0. The third-order valence-corrected chi connectivity index (χ3v) is 8.18. The third kappa shape index (κ3) is 3.25. The Morgan fingerprint density at radius 1 is 0.789 bits per heavy atom. The first-order valence-electron chi connectivity index (χ1n) is 5.83. The molecule has 96 valence electrons. The third-order valence-electron chi connectivity index (χ3n) is 2.79. The summed E-state index contributed by atoms with van der Waals surface area (Å²) in [6.07, 6.45) is 5.75. The van der Waals surface area contributed by atoms with Gasteiger partial charge in [0.1, 0.15) is 0 Å². The SMILES string of the molecule is C#[C][Sb]([c]1ccc(OC)cc1)[c]1ccc(OC)cc1. The predicted molar refractivity (Wildman–Crippen MR) is 79.8 cm³/mol. The van der Waals surface area contributed by atoms with Crippen LogP contribution in [0.5, 0.6) is 11.5 Å². The van der Waals surface area contributed by atoms with Gasteiger partial charge in [-0.15, -0.1) is 0 Å². The van der Waals surface area contributed by atoms with Gasteiger partial charge in [-0.05, 0) is 0 Å². The van der Waals surface area contributed by atoms with Crippen LogP contribution < -0.4 is 16.5 Å². The molecule has 0 atom stereocenters. The number of terminal acetylenes is 1. The van der Waals surface area contributed by atoms with Crippen LogP contribution in [0.15, 0.2) is 48.5 Å². The van der Waals surface area contributed by atoms with E-state index in [0.717, 1.165) is 11.5 Å². The fraction of sp³-hybridized carbons (Fsp3) is 0.125. The van der Waals surface area contributed by atoms with Crippen molar-refractivity contribution >= 4 is 27.2 Å². The molecule has 0 unspecified atom stereocenters. The fourth-order valence-electron chi connectivity index (χ4n) is 1.76. The molecule has 0 spiro atoms. The summed E-state index contributed by atoms with van der Waals surface area (Å²) in [5.74, 6) is 1.71. The van der Waals surface area contributed by atoms with E-state index in [0.29, 0.717) is 0 Å². The molecule has 2 nitrogen and oxygen atoms in total. The molecule has 0 aliphatic heterocycles. The molecule has 0 radical (unpaired) electrons. The second kappa shape index (κ2) is 6.55. The van der Waals surface area contributed by atoms with Crippen molar-refractivity contribution < 1.29 is 9.47 Å². The van der Waals surface area contributed by atoms with Crippen molar-refractivity contribution in [2.24, 2.45) is 0 Å². The van der Waals surface area contributed by atoms with E-state index in [1.54, 1.807) is 14.2 Å². The number of hydrogen-bond donors (Lipinski definition) is 0. The van der Waals surface area contributed by atoms with Crippen LogP contribution in [0.2, 0.25) is 0 Å². The first-order chi connectivity index (χ1) is 9.28. The van der Waals surface area contributed by atoms with Gasteiger partial charge in [-0.25, -0.2) is 0 Å². The van der Waals surface area contributed by atoms with Crippen LogP contribution in [-0.4, -0.2) is 34.4 Å². The second-order valence-electron chi connectivity index (χ2n) is 3.86. The minimum absolute atomic E-state index is 0.857. The van der Waals surface area contributed by atoms with Gasteiger partial charge in [-0.2, -0.15) is 0 Å². The molecule has 0 fully saturated rings. The maximum absolute atomic E-state index is 5.75. The van der Waals surface area contributed by atoms with E-state index < -0.39 is 20.2 Å². The van der Waals surface area contributed by atoms with Gasteiger partial charge < -0.3 is 0 Å². The molecule has 0 bridgehead atoms. The van der Waals surface area contributed by atoms with E-state index in [-0.39, 0.29) is 0 Å². The van der Waals surface area contributed by atoms with Gasteiger partial charge in [0, 0.05) is 0 Å². The molecule has 0 saturated carbocycles. The quantitative estimate of drug-likeness (QED) is 0.607. The van der Waals surface area contributed by atoms with Gasteiger partial charge in [0.25, 0.3) is 0 Å². The van der Waals surface area contributed by atoms with Crippen molar-refractivity contribution in [3.8, 4) is 21.8 Å². The maximum atomic E-state index is 5.75. The average Bonchev–Trinajstić information content (AvgIpc) is 2.49. The molecule has 0 heterocycles. The number of ether oxygens (including phenoxy) is 2.